The predicted octanol–water partition coefficient (Wildman–Crippen LogP) is 5.58. The molecule has 1 aromatic heterocycles. The standard InChI is InChI=1S/C23H20ClN3O/c1-16-11-13-17(14-12-16)15-25-21(18-7-3-2-4-8-18)23-27-26-22(28-23)19-9-5-6-10-20(19)24/h2-14,21,25H,15H2,1H3/t21-/m1/s1. The van der Waals surface area contributed by atoms with E-state index in [1.54, 1.807) is 0 Å². The minimum Gasteiger partial charge on any atom is -0.419 e. The molecule has 0 spiro atoms. The number of aromatic nitrogens is 2. The molecule has 0 bridgehead atoms. The van der Waals surface area contributed by atoms with Crippen LogP contribution < -0.4 is 5.32 Å². The van der Waals surface area contributed by atoms with Crippen LogP contribution in [0.5, 0.6) is 0 Å². The van der Waals surface area contributed by atoms with Crippen LogP contribution >= 0.6 is 11.6 Å². The number of halogens is 1. The normalized spacial score (nSPS) is 12.1. The van der Waals surface area contributed by atoms with Gasteiger partial charge in [-0.15, -0.1) is 10.2 Å². The van der Waals surface area contributed by atoms with Gasteiger partial charge in [0.05, 0.1) is 10.6 Å². The molecule has 1 N–H and O–H groups in total. The van der Waals surface area contributed by atoms with Crippen LogP contribution in [0.15, 0.2) is 83.3 Å². The SMILES string of the molecule is Cc1ccc(CN[C@H](c2ccccc2)c2nnc(-c3ccccc3Cl)o2)cc1. The van der Waals surface area contributed by atoms with Crippen LogP contribution in [0.1, 0.15) is 28.6 Å². The lowest BCUT2D eigenvalue weighted by Gasteiger charge is -2.16. The fourth-order valence-electron chi connectivity index (χ4n) is 3.01. The summed E-state index contributed by atoms with van der Waals surface area (Å²) >= 11 is 6.28. The van der Waals surface area contributed by atoms with Gasteiger partial charge in [0.2, 0.25) is 11.8 Å². The van der Waals surface area contributed by atoms with Gasteiger partial charge >= 0.3 is 0 Å². The van der Waals surface area contributed by atoms with Crippen molar-refractivity contribution in [3.8, 4) is 11.5 Å². The fraction of sp³-hybridized carbons (Fsp3) is 0.130. The first-order valence-electron chi connectivity index (χ1n) is 9.13. The van der Waals surface area contributed by atoms with E-state index in [0.717, 1.165) is 11.1 Å². The molecule has 0 unspecified atom stereocenters. The van der Waals surface area contributed by atoms with Crippen molar-refractivity contribution in [3.05, 3.63) is 106 Å². The third-order valence-electron chi connectivity index (χ3n) is 4.56. The predicted molar refractivity (Wildman–Crippen MR) is 111 cm³/mol. The van der Waals surface area contributed by atoms with E-state index >= 15 is 0 Å². The Morgan fingerprint density at radius 2 is 1.61 bits per heavy atom. The van der Waals surface area contributed by atoms with Gasteiger partial charge < -0.3 is 4.42 Å². The van der Waals surface area contributed by atoms with Crippen molar-refractivity contribution >= 4 is 11.6 Å². The van der Waals surface area contributed by atoms with Crippen molar-refractivity contribution in [3.63, 3.8) is 0 Å². The number of benzene rings is 3. The summed E-state index contributed by atoms with van der Waals surface area (Å²) in [5.74, 6) is 0.923. The second-order valence-electron chi connectivity index (χ2n) is 6.64. The number of nitrogens with zero attached hydrogens (tertiary/aromatic N) is 2. The highest BCUT2D eigenvalue weighted by atomic mass is 35.5. The molecule has 140 valence electrons. The summed E-state index contributed by atoms with van der Waals surface area (Å²) in [6, 6.07) is 25.8. The molecular weight excluding hydrogens is 370 g/mol. The largest absolute Gasteiger partial charge is 0.419 e. The molecule has 3 aromatic carbocycles. The van der Waals surface area contributed by atoms with Crippen molar-refractivity contribution in [2.45, 2.75) is 19.5 Å². The summed E-state index contributed by atoms with van der Waals surface area (Å²) in [5.41, 5.74) is 4.22. The van der Waals surface area contributed by atoms with Crippen LogP contribution in [0.4, 0.5) is 0 Å². The van der Waals surface area contributed by atoms with Crippen LogP contribution in [0.25, 0.3) is 11.5 Å². The van der Waals surface area contributed by atoms with Crippen molar-refractivity contribution in [2.24, 2.45) is 0 Å². The van der Waals surface area contributed by atoms with E-state index in [-0.39, 0.29) is 6.04 Å². The first kappa shape index (κ1) is 18.4. The number of hydrogen-bond donors (Lipinski definition) is 1. The summed E-state index contributed by atoms with van der Waals surface area (Å²) in [6.45, 7) is 2.77. The highest BCUT2D eigenvalue weighted by Gasteiger charge is 2.21. The molecule has 4 rings (SSSR count). The van der Waals surface area contributed by atoms with Crippen molar-refractivity contribution in [2.75, 3.05) is 0 Å². The Morgan fingerprint density at radius 1 is 0.893 bits per heavy atom. The second kappa shape index (κ2) is 8.38. The van der Waals surface area contributed by atoms with Gasteiger partial charge in [0.25, 0.3) is 0 Å². The van der Waals surface area contributed by atoms with E-state index in [0.29, 0.717) is 23.3 Å². The highest BCUT2D eigenvalue weighted by molar-refractivity contribution is 6.33. The Hall–Kier alpha value is -2.95. The van der Waals surface area contributed by atoms with Gasteiger partial charge in [-0.2, -0.15) is 0 Å². The zero-order valence-corrected chi connectivity index (χ0v) is 16.2. The zero-order valence-electron chi connectivity index (χ0n) is 15.5. The molecule has 0 aliphatic rings. The van der Waals surface area contributed by atoms with Crippen LogP contribution in [-0.2, 0) is 6.54 Å². The monoisotopic (exact) mass is 389 g/mol. The van der Waals surface area contributed by atoms with Crippen LogP contribution in [0, 0.1) is 6.92 Å². The van der Waals surface area contributed by atoms with Gasteiger partial charge in [-0.05, 0) is 30.2 Å². The quantitative estimate of drug-likeness (QED) is 0.467. The lowest BCUT2D eigenvalue weighted by molar-refractivity contribution is 0.438. The third kappa shape index (κ3) is 4.14. The molecule has 28 heavy (non-hydrogen) atoms. The fourth-order valence-corrected chi connectivity index (χ4v) is 3.23. The number of hydrogen-bond acceptors (Lipinski definition) is 4. The summed E-state index contributed by atoms with van der Waals surface area (Å²) < 4.78 is 6.01. The van der Waals surface area contributed by atoms with Crippen LogP contribution in [0.3, 0.4) is 0 Å². The molecule has 0 aliphatic heterocycles. The first-order valence-corrected chi connectivity index (χ1v) is 9.50. The highest BCUT2D eigenvalue weighted by Crippen LogP contribution is 2.29. The molecule has 1 heterocycles. The summed E-state index contributed by atoms with van der Waals surface area (Å²) in [7, 11) is 0. The number of rotatable bonds is 6. The minimum absolute atomic E-state index is 0.216. The molecule has 4 aromatic rings. The maximum atomic E-state index is 6.28. The number of nitrogens with one attached hydrogen (secondary N) is 1. The van der Waals surface area contributed by atoms with E-state index in [2.05, 4.69) is 46.7 Å². The third-order valence-corrected chi connectivity index (χ3v) is 4.89. The Kier molecular flexibility index (Phi) is 5.51. The summed E-state index contributed by atoms with van der Waals surface area (Å²) in [4.78, 5) is 0. The number of aryl methyl sites for hydroxylation is 1. The minimum atomic E-state index is -0.216. The molecule has 0 radical (unpaired) electrons. The van der Waals surface area contributed by atoms with Crippen molar-refractivity contribution in [1.29, 1.82) is 0 Å². The smallest absolute Gasteiger partial charge is 0.249 e. The summed E-state index contributed by atoms with van der Waals surface area (Å²) in [5, 5.41) is 12.6. The average Bonchev–Trinajstić information content (AvgIpc) is 3.20. The van der Waals surface area contributed by atoms with Gasteiger partial charge in [0.15, 0.2) is 0 Å². The van der Waals surface area contributed by atoms with Gasteiger partial charge in [0, 0.05) is 6.54 Å². The van der Waals surface area contributed by atoms with Gasteiger partial charge in [0.1, 0.15) is 6.04 Å². The molecule has 0 fully saturated rings. The lowest BCUT2D eigenvalue weighted by atomic mass is 10.1. The molecule has 0 saturated heterocycles. The van der Waals surface area contributed by atoms with E-state index in [1.165, 1.54) is 11.1 Å². The van der Waals surface area contributed by atoms with E-state index in [1.807, 2.05) is 54.6 Å². The molecule has 0 aliphatic carbocycles. The van der Waals surface area contributed by atoms with Crippen molar-refractivity contribution in [1.82, 2.24) is 15.5 Å². The maximum Gasteiger partial charge on any atom is 0.249 e. The zero-order chi connectivity index (χ0) is 19.3. The molecule has 4 nitrogen and oxygen atoms in total. The Bertz CT molecular complexity index is 1040. The van der Waals surface area contributed by atoms with Crippen molar-refractivity contribution < 1.29 is 4.42 Å². The maximum absolute atomic E-state index is 6.28. The topological polar surface area (TPSA) is 51.0 Å². The second-order valence-corrected chi connectivity index (χ2v) is 7.04. The first-order chi connectivity index (χ1) is 13.7. The van der Waals surface area contributed by atoms with Crippen LogP contribution in [0.2, 0.25) is 5.02 Å². The molecule has 1 atom stereocenters. The Labute approximate surface area is 169 Å². The van der Waals surface area contributed by atoms with Gasteiger partial charge in [-0.1, -0.05) is 83.9 Å². The Morgan fingerprint density at radius 3 is 2.36 bits per heavy atom. The molecule has 0 saturated carbocycles. The van der Waals surface area contributed by atoms with E-state index in [4.69, 9.17) is 16.0 Å². The van der Waals surface area contributed by atoms with Gasteiger partial charge in [-0.25, -0.2) is 0 Å². The lowest BCUT2D eigenvalue weighted by Crippen LogP contribution is -2.22. The summed E-state index contributed by atoms with van der Waals surface area (Å²) in [6.07, 6.45) is 0. The molecule has 5 heteroatoms. The van der Waals surface area contributed by atoms with E-state index in [9.17, 15) is 0 Å². The average molecular weight is 390 g/mol. The van der Waals surface area contributed by atoms with Crippen LogP contribution in [-0.4, -0.2) is 10.2 Å². The van der Waals surface area contributed by atoms with E-state index < -0.39 is 0 Å². The molecular formula is C23H20ClN3O. The molecule has 0 amide bonds. The van der Waals surface area contributed by atoms with Gasteiger partial charge in [-0.3, -0.25) is 5.32 Å². The Balaban J connectivity index is 1.62.